The summed E-state index contributed by atoms with van der Waals surface area (Å²) in [7, 11) is 1.84. The number of likely N-dealkylation sites (N-methyl/N-ethyl adjacent to an activating group) is 1. The Kier molecular flexibility index (Phi) is 5.42. The van der Waals surface area contributed by atoms with Crippen molar-refractivity contribution in [2.75, 3.05) is 7.05 Å². The van der Waals surface area contributed by atoms with Crippen molar-refractivity contribution in [3.05, 3.63) is 0 Å². The molecule has 0 aromatic rings. The molecule has 0 aliphatic heterocycles. The van der Waals surface area contributed by atoms with Gasteiger partial charge in [-0.3, -0.25) is 4.79 Å². The number of rotatable bonds is 4. The first-order valence-electron chi connectivity index (χ1n) is 6.78. The highest BCUT2D eigenvalue weighted by atomic mass is 16.2. The lowest BCUT2D eigenvalue weighted by molar-refractivity contribution is -0.127. The van der Waals surface area contributed by atoms with Gasteiger partial charge in [0.1, 0.15) is 0 Å². The van der Waals surface area contributed by atoms with Crippen molar-refractivity contribution in [3.8, 4) is 0 Å². The van der Waals surface area contributed by atoms with E-state index in [1.807, 2.05) is 7.05 Å². The Morgan fingerprint density at radius 1 is 1.00 bits per heavy atom. The van der Waals surface area contributed by atoms with Crippen LogP contribution in [0.5, 0.6) is 0 Å². The largest absolute Gasteiger partial charge is 0.350 e. The first-order chi connectivity index (χ1) is 7.78. The molecular weight excluding hydrogens is 224 g/mol. The molecule has 1 atom stereocenters. The van der Waals surface area contributed by atoms with Gasteiger partial charge in [0, 0.05) is 5.54 Å². The SMILES string of the molecule is CNC(C(=O)NC(C)(C)CC(C)(C)C)C(C)(C)C. The van der Waals surface area contributed by atoms with Crippen LogP contribution >= 0.6 is 0 Å². The monoisotopic (exact) mass is 256 g/mol. The van der Waals surface area contributed by atoms with E-state index in [9.17, 15) is 4.79 Å². The van der Waals surface area contributed by atoms with Gasteiger partial charge in [-0.15, -0.1) is 0 Å². The maximum atomic E-state index is 12.3. The van der Waals surface area contributed by atoms with E-state index in [4.69, 9.17) is 0 Å². The first kappa shape index (κ1) is 17.4. The molecule has 0 saturated carbocycles. The normalized spacial score (nSPS) is 15.4. The van der Waals surface area contributed by atoms with Crippen molar-refractivity contribution in [1.82, 2.24) is 10.6 Å². The van der Waals surface area contributed by atoms with Gasteiger partial charge >= 0.3 is 0 Å². The summed E-state index contributed by atoms with van der Waals surface area (Å²) in [6.45, 7) is 17.0. The third kappa shape index (κ3) is 6.39. The summed E-state index contributed by atoms with van der Waals surface area (Å²) in [4.78, 5) is 12.3. The maximum Gasteiger partial charge on any atom is 0.238 e. The molecule has 3 heteroatoms. The highest BCUT2D eigenvalue weighted by Crippen LogP contribution is 2.27. The molecule has 108 valence electrons. The van der Waals surface area contributed by atoms with Gasteiger partial charge in [0.25, 0.3) is 0 Å². The predicted octanol–water partition coefficient (Wildman–Crippen LogP) is 2.95. The molecule has 1 unspecified atom stereocenters. The Morgan fingerprint density at radius 2 is 1.44 bits per heavy atom. The summed E-state index contributed by atoms with van der Waals surface area (Å²) in [5, 5.41) is 6.28. The molecule has 0 aromatic carbocycles. The molecule has 0 spiro atoms. The molecule has 2 N–H and O–H groups in total. The van der Waals surface area contributed by atoms with Crippen molar-refractivity contribution in [1.29, 1.82) is 0 Å². The number of carbonyl (C=O) groups is 1. The highest BCUT2D eigenvalue weighted by Gasteiger charge is 2.34. The molecular formula is C15H32N2O. The van der Waals surface area contributed by atoms with Gasteiger partial charge in [-0.2, -0.15) is 0 Å². The topological polar surface area (TPSA) is 41.1 Å². The van der Waals surface area contributed by atoms with Crippen molar-refractivity contribution in [3.63, 3.8) is 0 Å². The van der Waals surface area contributed by atoms with E-state index in [0.717, 1.165) is 6.42 Å². The van der Waals surface area contributed by atoms with Crippen molar-refractivity contribution < 1.29 is 4.79 Å². The molecule has 3 nitrogen and oxygen atoms in total. The van der Waals surface area contributed by atoms with Crippen LogP contribution in [0.1, 0.15) is 61.8 Å². The molecule has 0 aliphatic carbocycles. The molecule has 0 saturated heterocycles. The van der Waals surface area contributed by atoms with Gasteiger partial charge in [-0.05, 0) is 38.1 Å². The smallest absolute Gasteiger partial charge is 0.238 e. The predicted molar refractivity (Wildman–Crippen MR) is 78.6 cm³/mol. The Balaban J connectivity index is 4.74. The van der Waals surface area contributed by atoms with Crippen molar-refractivity contribution in [2.45, 2.75) is 73.4 Å². The van der Waals surface area contributed by atoms with E-state index in [1.165, 1.54) is 0 Å². The number of amides is 1. The molecule has 18 heavy (non-hydrogen) atoms. The van der Waals surface area contributed by atoms with Gasteiger partial charge in [0.05, 0.1) is 6.04 Å². The molecule has 0 heterocycles. The van der Waals surface area contributed by atoms with Crippen molar-refractivity contribution >= 4 is 5.91 Å². The van der Waals surface area contributed by atoms with Crippen LogP contribution in [0.25, 0.3) is 0 Å². The molecule has 0 rings (SSSR count). The van der Waals surface area contributed by atoms with Crippen LogP contribution < -0.4 is 10.6 Å². The molecule has 0 bridgehead atoms. The van der Waals surface area contributed by atoms with Crippen LogP contribution in [0, 0.1) is 10.8 Å². The third-order valence-corrected chi connectivity index (χ3v) is 2.85. The van der Waals surface area contributed by atoms with E-state index >= 15 is 0 Å². The molecule has 0 fully saturated rings. The quantitative estimate of drug-likeness (QED) is 0.812. The second-order valence-electron chi connectivity index (χ2n) is 8.20. The minimum atomic E-state index is -0.185. The lowest BCUT2D eigenvalue weighted by Crippen LogP contribution is -2.56. The van der Waals surface area contributed by atoms with Crippen LogP contribution in [0.2, 0.25) is 0 Å². The van der Waals surface area contributed by atoms with E-state index in [-0.39, 0.29) is 28.3 Å². The van der Waals surface area contributed by atoms with Gasteiger partial charge in [-0.1, -0.05) is 41.5 Å². The standard InChI is InChI=1S/C15H32N2O/c1-13(2,3)10-15(7,8)17-12(18)11(16-9)14(4,5)6/h11,16H,10H2,1-9H3,(H,17,18). The summed E-state index contributed by atoms with van der Waals surface area (Å²) < 4.78 is 0. The zero-order chi connectivity index (χ0) is 14.8. The maximum absolute atomic E-state index is 12.3. The molecule has 0 aromatic heterocycles. The summed E-state index contributed by atoms with van der Waals surface area (Å²) >= 11 is 0. The summed E-state index contributed by atoms with van der Waals surface area (Å²) in [5.74, 6) is 0.0826. The van der Waals surface area contributed by atoms with Crippen LogP contribution in [0.15, 0.2) is 0 Å². The van der Waals surface area contributed by atoms with Crippen LogP contribution in [-0.2, 0) is 4.79 Å². The minimum Gasteiger partial charge on any atom is -0.350 e. The minimum absolute atomic E-state index is 0.0826. The highest BCUT2D eigenvalue weighted by molar-refractivity contribution is 5.83. The van der Waals surface area contributed by atoms with Crippen LogP contribution in [0.4, 0.5) is 0 Å². The second-order valence-corrected chi connectivity index (χ2v) is 8.20. The molecule has 0 aliphatic rings. The third-order valence-electron chi connectivity index (χ3n) is 2.85. The molecule has 1 amide bonds. The Morgan fingerprint density at radius 3 is 1.72 bits per heavy atom. The zero-order valence-electron chi connectivity index (χ0n) is 13.7. The van der Waals surface area contributed by atoms with E-state index in [1.54, 1.807) is 0 Å². The second kappa shape index (κ2) is 5.60. The van der Waals surface area contributed by atoms with Gasteiger partial charge in [0.15, 0.2) is 0 Å². The van der Waals surface area contributed by atoms with E-state index in [0.29, 0.717) is 0 Å². The zero-order valence-corrected chi connectivity index (χ0v) is 13.7. The fourth-order valence-corrected chi connectivity index (χ4v) is 2.73. The van der Waals surface area contributed by atoms with Crippen LogP contribution in [0.3, 0.4) is 0 Å². The lowest BCUT2D eigenvalue weighted by atomic mass is 9.80. The number of carbonyl (C=O) groups excluding carboxylic acids is 1. The molecule has 0 radical (unpaired) electrons. The number of nitrogens with one attached hydrogen (secondary N) is 2. The van der Waals surface area contributed by atoms with Crippen molar-refractivity contribution in [2.24, 2.45) is 10.8 Å². The van der Waals surface area contributed by atoms with E-state index in [2.05, 4.69) is 66.0 Å². The average molecular weight is 256 g/mol. The van der Waals surface area contributed by atoms with Gasteiger partial charge in [-0.25, -0.2) is 0 Å². The Bertz CT molecular complexity index is 282. The van der Waals surface area contributed by atoms with Gasteiger partial charge < -0.3 is 10.6 Å². The summed E-state index contributed by atoms with van der Waals surface area (Å²) in [5.41, 5.74) is -0.0695. The van der Waals surface area contributed by atoms with E-state index < -0.39 is 0 Å². The first-order valence-corrected chi connectivity index (χ1v) is 6.78. The Labute approximate surface area is 113 Å². The van der Waals surface area contributed by atoms with Crippen LogP contribution in [-0.4, -0.2) is 24.5 Å². The summed E-state index contributed by atoms with van der Waals surface area (Å²) in [6.07, 6.45) is 0.951. The number of hydrogen-bond acceptors (Lipinski definition) is 2. The average Bonchev–Trinajstić information content (AvgIpc) is 1.94. The Hall–Kier alpha value is -0.570. The lowest BCUT2D eigenvalue weighted by Gasteiger charge is -2.37. The number of hydrogen-bond donors (Lipinski definition) is 2. The fourth-order valence-electron chi connectivity index (χ4n) is 2.73. The van der Waals surface area contributed by atoms with Gasteiger partial charge in [0.2, 0.25) is 5.91 Å². The summed E-state index contributed by atoms with van der Waals surface area (Å²) in [6, 6.07) is -0.170. The fraction of sp³-hybridized carbons (Fsp3) is 0.933.